The van der Waals surface area contributed by atoms with E-state index in [1.807, 2.05) is 0 Å². The summed E-state index contributed by atoms with van der Waals surface area (Å²) in [6.07, 6.45) is 1.39. The fourth-order valence-electron chi connectivity index (χ4n) is 1.52. The van der Waals surface area contributed by atoms with Gasteiger partial charge in [0.1, 0.15) is 6.54 Å². The van der Waals surface area contributed by atoms with Crippen LogP contribution in [0, 0.1) is 0 Å². The van der Waals surface area contributed by atoms with E-state index in [1.165, 1.54) is 27.8 Å². The third-order valence-electron chi connectivity index (χ3n) is 2.40. The molecule has 0 spiro atoms. The van der Waals surface area contributed by atoms with E-state index in [9.17, 15) is 9.59 Å². The number of amides is 1. The van der Waals surface area contributed by atoms with E-state index in [0.717, 1.165) is 0 Å². The Labute approximate surface area is 104 Å². The van der Waals surface area contributed by atoms with Crippen LogP contribution in [0.25, 0.3) is 0 Å². The van der Waals surface area contributed by atoms with Crippen molar-refractivity contribution in [2.75, 3.05) is 32.0 Å². The number of aromatic nitrogens is 1. The molecule has 18 heavy (non-hydrogen) atoms. The lowest BCUT2D eigenvalue weighted by atomic mass is 10.4. The highest BCUT2D eigenvalue weighted by Gasteiger charge is 2.13. The van der Waals surface area contributed by atoms with Crippen molar-refractivity contribution in [3.05, 3.63) is 28.7 Å². The monoisotopic (exact) mass is 255 g/mol. The molecule has 1 aromatic heterocycles. The molecule has 0 bridgehead atoms. The standard InChI is InChI=1S/C11H17N3O4/c12-9-1-2-10(17)14(7-9)8-11(18)13(3-5-15)4-6-16/h1-2,7,15-16H,3-6,8,12H2. The van der Waals surface area contributed by atoms with Crippen LogP contribution in [0.15, 0.2) is 23.1 Å². The molecule has 0 aliphatic heterocycles. The lowest BCUT2D eigenvalue weighted by molar-refractivity contribution is -0.132. The van der Waals surface area contributed by atoms with Gasteiger partial charge in [-0.1, -0.05) is 0 Å². The van der Waals surface area contributed by atoms with Gasteiger partial charge in [-0.25, -0.2) is 0 Å². The highest BCUT2D eigenvalue weighted by atomic mass is 16.3. The molecule has 1 heterocycles. The topological polar surface area (TPSA) is 109 Å². The van der Waals surface area contributed by atoms with Gasteiger partial charge < -0.3 is 25.4 Å². The maximum Gasteiger partial charge on any atom is 0.251 e. The number of rotatable bonds is 6. The molecule has 0 radical (unpaired) electrons. The third kappa shape index (κ3) is 3.86. The third-order valence-corrected chi connectivity index (χ3v) is 2.40. The van der Waals surface area contributed by atoms with Gasteiger partial charge in [-0.2, -0.15) is 0 Å². The predicted molar refractivity (Wildman–Crippen MR) is 65.9 cm³/mol. The number of anilines is 1. The van der Waals surface area contributed by atoms with Crippen LogP contribution in [-0.2, 0) is 11.3 Å². The van der Waals surface area contributed by atoms with Crippen molar-refractivity contribution < 1.29 is 15.0 Å². The molecule has 1 rings (SSSR count). The molecule has 4 N–H and O–H groups in total. The zero-order valence-corrected chi connectivity index (χ0v) is 9.95. The summed E-state index contributed by atoms with van der Waals surface area (Å²) in [4.78, 5) is 24.6. The second kappa shape index (κ2) is 6.77. The molecular formula is C11H17N3O4. The number of carbonyl (C=O) groups excluding carboxylic acids is 1. The Kier molecular flexibility index (Phi) is 5.34. The van der Waals surface area contributed by atoms with Gasteiger partial charge in [0, 0.05) is 31.0 Å². The molecule has 0 saturated heterocycles. The first-order chi connectivity index (χ1) is 8.58. The van der Waals surface area contributed by atoms with Gasteiger partial charge in [0.2, 0.25) is 5.91 Å². The predicted octanol–water partition coefficient (Wildman–Crippen LogP) is -1.76. The van der Waals surface area contributed by atoms with E-state index < -0.39 is 0 Å². The number of nitrogens with two attached hydrogens (primary N) is 1. The summed E-state index contributed by atoms with van der Waals surface area (Å²) in [5.41, 5.74) is 5.59. The lowest BCUT2D eigenvalue weighted by Gasteiger charge is -2.21. The van der Waals surface area contributed by atoms with Gasteiger partial charge in [0.25, 0.3) is 5.56 Å². The molecule has 1 amide bonds. The van der Waals surface area contributed by atoms with E-state index >= 15 is 0 Å². The van der Waals surface area contributed by atoms with Crippen LogP contribution in [0.3, 0.4) is 0 Å². The van der Waals surface area contributed by atoms with Crippen LogP contribution in [0.5, 0.6) is 0 Å². The smallest absolute Gasteiger partial charge is 0.251 e. The fraction of sp³-hybridized carbons (Fsp3) is 0.455. The van der Waals surface area contributed by atoms with Gasteiger partial charge in [-0.15, -0.1) is 0 Å². The lowest BCUT2D eigenvalue weighted by Crippen LogP contribution is -2.39. The van der Waals surface area contributed by atoms with Crippen LogP contribution in [0.4, 0.5) is 5.69 Å². The quantitative estimate of drug-likeness (QED) is 0.558. The molecule has 1 aromatic rings. The van der Waals surface area contributed by atoms with Crippen molar-refractivity contribution >= 4 is 11.6 Å². The van der Waals surface area contributed by atoms with Crippen molar-refractivity contribution in [2.45, 2.75) is 6.54 Å². The Balaban J connectivity index is 2.78. The zero-order chi connectivity index (χ0) is 13.5. The maximum atomic E-state index is 11.9. The van der Waals surface area contributed by atoms with Crippen LogP contribution in [-0.4, -0.2) is 51.9 Å². The summed E-state index contributed by atoms with van der Waals surface area (Å²) in [6, 6.07) is 2.74. The van der Waals surface area contributed by atoms with E-state index in [2.05, 4.69) is 0 Å². The summed E-state index contributed by atoms with van der Waals surface area (Å²) in [5, 5.41) is 17.6. The second-order valence-electron chi connectivity index (χ2n) is 3.76. The molecule has 0 saturated carbocycles. The number of aliphatic hydroxyl groups excluding tert-OH is 2. The summed E-state index contributed by atoms with van der Waals surface area (Å²) in [5.74, 6) is -0.356. The minimum absolute atomic E-state index is 0.121. The van der Waals surface area contributed by atoms with Crippen LogP contribution in [0.2, 0.25) is 0 Å². The van der Waals surface area contributed by atoms with Crippen molar-refractivity contribution in [2.24, 2.45) is 0 Å². The molecule has 0 fully saturated rings. The van der Waals surface area contributed by atoms with Crippen molar-refractivity contribution in [3.8, 4) is 0 Å². The van der Waals surface area contributed by atoms with Gasteiger partial charge in [-0.3, -0.25) is 9.59 Å². The summed E-state index contributed by atoms with van der Waals surface area (Å²) >= 11 is 0. The molecule has 0 aromatic carbocycles. The molecular weight excluding hydrogens is 238 g/mol. The number of nitrogen functional groups attached to an aromatic ring is 1. The first-order valence-corrected chi connectivity index (χ1v) is 5.54. The number of aliphatic hydroxyl groups is 2. The Morgan fingerprint density at radius 1 is 1.28 bits per heavy atom. The van der Waals surface area contributed by atoms with E-state index in [0.29, 0.717) is 5.69 Å². The normalized spacial score (nSPS) is 10.3. The number of nitrogens with zero attached hydrogens (tertiary/aromatic N) is 2. The van der Waals surface area contributed by atoms with Crippen LogP contribution < -0.4 is 11.3 Å². The second-order valence-corrected chi connectivity index (χ2v) is 3.76. The number of hydrogen-bond donors (Lipinski definition) is 3. The fourth-order valence-corrected chi connectivity index (χ4v) is 1.52. The Morgan fingerprint density at radius 3 is 2.44 bits per heavy atom. The summed E-state index contributed by atoms with van der Waals surface area (Å²) in [6.45, 7) is -0.314. The first kappa shape index (κ1) is 14.2. The minimum Gasteiger partial charge on any atom is -0.398 e. The Bertz CT molecular complexity index is 452. The molecule has 0 atom stereocenters. The minimum atomic E-state index is -0.356. The summed E-state index contributed by atoms with van der Waals surface area (Å²) < 4.78 is 1.19. The van der Waals surface area contributed by atoms with Gasteiger partial charge in [-0.05, 0) is 6.07 Å². The number of hydrogen-bond acceptors (Lipinski definition) is 5. The van der Waals surface area contributed by atoms with E-state index in [-0.39, 0.29) is 44.3 Å². The molecule has 7 nitrogen and oxygen atoms in total. The van der Waals surface area contributed by atoms with Crippen molar-refractivity contribution in [3.63, 3.8) is 0 Å². The molecule has 100 valence electrons. The van der Waals surface area contributed by atoms with E-state index in [4.69, 9.17) is 15.9 Å². The highest BCUT2D eigenvalue weighted by Crippen LogP contribution is 1.98. The first-order valence-electron chi connectivity index (χ1n) is 5.54. The average Bonchev–Trinajstić information content (AvgIpc) is 2.33. The summed E-state index contributed by atoms with van der Waals surface area (Å²) in [7, 11) is 0. The average molecular weight is 255 g/mol. The molecule has 0 unspecified atom stereocenters. The van der Waals surface area contributed by atoms with Crippen LogP contribution >= 0.6 is 0 Å². The van der Waals surface area contributed by atoms with Gasteiger partial charge >= 0.3 is 0 Å². The Morgan fingerprint density at radius 2 is 1.89 bits per heavy atom. The maximum absolute atomic E-state index is 11.9. The number of pyridine rings is 1. The zero-order valence-electron chi connectivity index (χ0n) is 9.95. The van der Waals surface area contributed by atoms with E-state index in [1.54, 1.807) is 0 Å². The molecule has 0 aliphatic rings. The molecule has 0 aliphatic carbocycles. The SMILES string of the molecule is Nc1ccc(=O)n(CC(=O)N(CCO)CCO)c1. The largest absolute Gasteiger partial charge is 0.398 e. The van der Waals surface area contributed by atoms with Gasteiger partial charge in [0.05, 0.1) is 13.2 Å². The molecule has 7 heteroatoms. The van der Waals surface area contributed by atoms with Crippen LogP contribution in [0.1, 0.15) is 0 Å². The Hall–Kier alpha value is -1.86. The van der Waals surface area contributed by atoms with Gasteiger partial charge in [0.15, 0.2) is 0 Å². The highest BCUT2D eigenvalue weighted by molar-refractivity contribution is 5.76. The number of carbonyl (C=O) groups is 1. The van der Waals surface area contributed by atoms with Crippen molar-refractivity contribution in [1.82, 2.24) is 9.47 Å². The van der Waals surface area contributed by atoms with Crippen molar-refractivity contribution in [1.29, 1.82) is 0 Å².